The van der Waals surface area contributed by atoms with E-state index in [2.05, 4.69) is 5.32 Å². The second kappa shape index (κ2) is 6.93. The lowest BCUT2D eigenvalue weighted by molar-refractivity contribution is -0.140. The third-order valence-corrected chi connectivity index (χ3v) is 2.77. The normalized spacial score (nSPS) is 20.7. The Bertz CT molecular complexity index is 359. The van der Waals surface area contributed by atoms with Gasteiger partial charge in [0.1, 0.15) is 6.04 Å². The monoisotopic (exact) mass is 274 g/mol. The summed E-state index contributed by atoms with van der Waals surface area (Å²) in [5, 5.41) is 19.8. The molecule has 3 N–H and O–H groups in total. The number of carboxylic acid groups (broad SMARTS) is 2. The summed E-state index contributed by atoms with van der Waals surface area (Å²) in [4.78, 5) is 34.7. The second-order valence-corrected chi connectivity index (χ2v) is 4.40. The highest BCUT2D eigenvalue weighted by molar-refractivity contribution is 5.83. The van der Waals surface area contributed by atoms with Crippen LogP contribution in [0.5, 0.6) is 0 Å². The van der Waals surface area contributed by atoms with E-state index in [-0.39, 0.29) is 18.9 Å². The number of nitrogens with one attached hydrogen (secondary N) is 1. The number of nitrogens with zero attached hydrogens (tertiary/aromatic N) is 1. The van der Waals surface area contributed by atoms with Crippen molar-refractivity contribution in [2.24, 2.45) is 0 Å². The van der Waals surface area contributed by atoms with Gasteiger partial charge in [-0.2, -0.15) is 0 Å². The molecule has 2 atom stereocenters. The van der Waals surface area contributed by atoms with Crippen molar-refractivity contribution in [3.63, 3.8) is 0 Å². The molecule has 0 aromatic carbocycles. The summed E-state index contributed by atoms with van der Waals surface area (Å²) in [7, 11) is 0. The van der Waals surface area contributed by atoms with E-state index in [0.29, 0.717) is 19.7 Å². The van der Waals surface area contributed by atoms with Crippen molar-refractivity contribution < 1.29 is 29.3 Å². The van der Waals surface area contributed by atoms with Crippen LogP contribution in [-0.4, -0.2) is 64.9 Å². The second-order valence-electron chi connectivity index (χ2n) is 4.40. The number of urea groups is 1. The van der Waals surface area contributed by atoms with Crippen LogP contribution in [0.15, 0.2) is 0 Å². The van der Waals surface area contributed by atoms with Gasteiger partial charge < -0.3 is 25.2 Å². The topological polar surface area (TPSA) is 116 Å². The number of amides is 2. The lowest BCUT2D eigenvalue weighted by Gasteiger charge is -2.32. The molecule has 8 heteroatoms. The Balaban J connectivity index is 2.50. The van der Waals surface area contributed by atoms with Crippen molar-refractivity contribution in [1.29, 1.82) is 0 Å². The highest BCUT2D eigenvalue weighted by atomic mass is 16.5. The zero-order valence-electron chi connectivity index (χ0n) is 10.7. The van der Waals surface area contributed by atoms with E-state index in [0.717, 1.165) is 0 Å². The number of carbonyl (C=O) groups is 3. The standard InChI is InChI=1S/C11H18N2O6/c1-7-6-13(4-5-19-7)11(18)12-8(10(16)17)2-3-9(14)15/h7-8H,2-6H2,1H3,(H,12,18)(H,14,15)(H,16,17). The Labute approximate surface area is 110 Å². The minimum atomic E-state index is -1.24. The number of rotatable bonds is 5. The maximum Gasteiger partial charge on any atom is 0.326 e. The van der Waals surface area contributed by atoms with E-state index < -0.39 is 24.0 Å². The van der Waals surface area contributed by atoms with Crippen molar-refractivity contribution in [1.82, 2.24) is 10.2 Å². The number of carboxylic acids is 2. The van der Waals surface area contributed by atoms with Crippen molar-refractivity contribution in [2.75, 3.05) is 19.7 Å². The van der Waals surface area contributed by atoms with Crippen LogP contribution in [-0.2, 0) is 14.3 Å². The van der Waals surface area contributed by atoms with E-state index in [1.54, 1.807) is 0 Å². The zero-order chi connectivity index (χ0) is 14.4. The molecule has 1 rings (SSSR count). The smallest absolute Gasteiger partial charge is 0.326 e. The zero-order valence-corrected chi connectivity index (χ0v) is 10.7. The fourth-order valence-electron chi connectivity index (χ4n) is 1.77. The number of carbonyl (C=O) groups excluding carboxylic acids is 1. The summed E-state index contributed by atoms with van der Waals surface area (Å²) >= 11 is 0. The van der Waals surface area contributed by atoms with Crippen LogP contribution >= 0.6 is 0 Å². The summed E-state index contributed by atoms with van der Waals surface area (Å²) < 4.78 is 5.27. The lowest BCUT2D eigenvalue weighted by atomic mass is 10.1. The van der Waals surface area contributed by atoms with Gasteiger partial charge in [0.25, 0.3) is 0 Å². The van der Waals surface area contributed by atoms with E-state index in [1.165, 1.54) is 4.90 Å². The maximum atomic E-state index is 11.9. The Morgan fingerprint density at radius 3 is 2.63 bits per heavy atom. The van der Waals surface area contributed by atoms with E-state index in [1.807, 2.05) is 6.92 Å². The fraction of sp³-hybridized carbons (Fsp3) is 0.727. The molecule has 1 fully saturated rings. The van der Waals surface area contributed by atoms with Gasteiger partial charge in [-0.1, -0.05) is 0 Å². The molecule has 2 amide bonds. The molecule has 0 aliphatic carbocycles. The summed E-state index contributed by atoms with van der Waals surface area (Å²) in [6, 6.07) is -1.70. The number of hydrogen-bond donors (Lipinski definition) is 3. The molecule has 1 aliphatic heterocycles. The van der Waals surface area contributed by atoms with E-state index >= 15 is 0 Å². The Morgan fingerprint density at radius 1 is 1.42 bits per heavy atom. The average Bonchev–Trinajstić information content (AvgIpc) is 2.33. The highest BCUT2D eigenvalue weighted by Gasteiger charge is 2.26. The van der Waals surface area contributed by atoms with Crippen molar-refractivity contribution in [3.05, 3.63) is 0 Å². The molecule has 0 radical (unpaired) electrons. The van der Waals surface area contributed by atoms with Crippen LogP contribution in [0.25, 0.3) is 0 Å². The van der Waals surface area contributed by atoms with Crippen LogP contribution in [0.2, 0.25) is 0 Å². The Kier molecular flexibility index (Phi) is 5.56. The first-order chi connectivity index (χ1) is 8.90. The average molecular weight is 274 g/mol. The van der Waals surface area contributed by atoms with Gasteiger partial charge in [0.05, 0.1) is 12.7 Å². The molecule has 0 aromatic rings. The molecule has 0 aromatic heterocycles. The van der Waals surface area contributed by atoms with E-state index in [4.69, 9.17) is 14.9 Å². The number of ether oxygens (including phenoxy) is 1. The minimum absolute atomic E-state index is 0.0956. The van der Waals surface area contributed by atoms with Crippen molar-refractivity contribution in [2.45, 2.75) is 31.9 Å². The largest absolute Gasteiger partial charge is 0.481 e. The highest BCUT2D eigenvalue weighted by Crippen LogP contribution is 2.06. The quantitative estimate of drug-likeness (QED) is 0.635. The summed E-state index contributed by atoms with van der Waals surface area (Å²) in [5.74, 6) is -2.34. The van der Waals surface area contributed by atoms with Crippen molar-refractivity contribution in [3.8, 4) is 0 Å². The predicted octanol–water partition coefficient (Wildman–Crippen LogP) is -0.265. The minimum Gasteiger partial charge on any atom is -0.481 e. The van der Waals surface area contributed by atoms with Gasteiger partial charge in [0.15, 0.2) is 0 Å². The van der Waals surface area contributed by atoms with Gasteiger partial charge in [-0.05, 0) is 13.3 Å². The molecule has 0 saturated carbocycles. The van der Waals surface area contributed by atoms with Gasteiger partial charge in [-0.25, -0.2) is 9.59 Å². The molecule has 0 bridgehead atoms. The third kappa shape index (κ3) is 5.12. The Morgan fingerprint density at radius 2 is 2.11 bits per heavy atom. The molecule has 2 unspecified atom stereocenters. The van der Waals surface area contributed by atoms with Crippen LogP contribution in [0.1, 0.15) is 19.8 Å². The first-order valence-electron chi connectivity index (χ1n) is 6.01. The molecule has 0 spiro atoms. The summed E-state index contributed by atoms with van der Waals surface area (Å²) in [5.41, 5.74) is 0. The first-order valence-corrected chi connectivity index (χ1v) is 6.01. The summed E-state index contributed by atoms with van der Waals surface area (Å²) in [6.45, 7) is 3.00. The molecular weight excluding hydrogens is 256 g/mol. The Hall–Kier alpha value is -1.83. The van der Waals surface area contributed by atoms with Crippen LogP contribution in [0, 0.1) is 0 Å². The lowest BCUT2D eigenvalue weighted by Crippen LogP contribution is -2.52. The SMILES string of the molecule is CC1CN(C(=O)NC(CCC(=O)O)C(=O)O)CCO1. The predicted molar refractivity (Wildman–Crippen MR) is 63.8 cm³/mol. The third-order valence-electron chi connectivity index (χ3n) is 2.77. The van der Waals surface area contributed by atoms with Gasteiger partial charge >= 0.3 is 18.0 Å². The van der Waals surface area contributed by atoms with Crippen LogP contribution < -0.4 is 5.32 Å². The van der Waals surface area contributed by atoms with Gasteiger partial charge in [0.2, 0.25) is 0 Å². The molecule has 19 heavy (non-hydrogen) atoms. The molecule has 1 heterocycles. The summed E-state index contributed by atoms with van der Waals surface area (Å²) in [6.07, 6.45) is -0.547. The molecule has 1 aliphatic rings. The number of morpholine rings is 1. The number of aliphatic carboxylic acids is 2. The van der Waals surface area contributed by atoms with Gasteiger partial charge in [0, 0.05) is 19.5 Å². The molecule has 1 saturated heterocycles. The molecule has 8 nitrogen and oxygen atoms in total. The number of hydrogen-bond acceptors (Lipinski definition) is 4. The van der Waals surface area contributed by atoms with Gasteiger partial charge in [-0.15, -0.1) is 0 Å². The molecule has 108 valence electrons. The van der Waals surface area contributed by atoms with E-state index in [9.17, 15) is 14.4 Å². The maximum absolute atomic E-state index is 11.9. The molecular formula is C11H18N2O6. The van der Waals surface area contributed by atoms with Crippen molar-refractivity contribution >= 4 is 18.0 Å². The van der Waals surface area contributed by atoms with Gasteiger partial charge in [-0.3, -0.25) is 4.79 Å². The van der Waals surface area contributed by atoms with Crippen LogP contribution in [0.4, 0.5) is 4.79 Å². The fourth-order valence-corrected chi connectivity index (χ4v) is 1.77. The first kappa shape index (κ1) is 15.2. The van der Waals surface area contributed by atoms with Crippen LogP contribution in [0.3, 0.4) is 0 Å².